The molecule has 2 N–H and O–H groups in total. The molecule has 0 aromatic carbocycles. The summed E-state index contributed by atoms with van der Waals surface area (Å²) < 4.78 is 16.4. The highest BCUT2D eigenvalue weighted by molar-refractivity contribution is 6.60. The lowest BCUT2D eigenvalue weighted by atomic mass is 10.3. The van der Waals surface area contributed by atoms with E-state index in [0.29, 0.717) is 5.92 Å². The van der Waals surface area contributed by atoms with Gasteiger partial charge in [0.05, 0.1) is 6.23 Å². The van der Waals surface area contributed by atoms with E-state index in [9.17, 15) is 0 Å². The summed E-state index contributed by atoms with van der Waals surface area (Å²) >= 11 is 0. The van der Waals surface area contributed by atoms with Gasteiger partial charge in [0.25, 0.3) is 0 Å². The fourth-order valence-corrected chi connectivity index (χ4v) is 3.62. The van der Waals surface area contributed by atoms with Crippen molar-refractivity contribution in [3.63, 3.8) is 0 Å². The third-order valence-electron chi connectivity index (χ3n) is 2.01. The minimum Gasteiger partial charge on any atom is -0.377 e. The summed E-state index contributed by atoms with van der Waals surface area (Å²) in [6, 6.07) is 0.799. The van der Waals surface area contributed by atoms with Gasteiger partial charge in [-0.05, 0) is 12.3 Å². The smallest absolute Gasteiger partial charge is 0.377 e. The first kappa shape index (κ1) is 14.1. The van der Waals surface area contributed by atoms with E-state index in [0.717, 1.165) is 12.5 Å². The lowest BCUT2D eigenvalue weighted by Crippen LogP contribution is -2.49. The van der Waals surface area contributed by atoms with Gasteiger partial charge >= 0.3 is 8.80 Å². The molecule has 1 atom stereocenters. The summed E-state index contributed by atoms with van der Waals surface area (Å²) in [7, 11) is 0.735. The lowest BCUT2D eigenvalue weighted by Gasteiger charge is -2.30. The van der Waals surface area contributed by atoms with Crippen molar-refractivity contribution in [1.82, 2.24) is 0 Å². The molecule has 0 heterocycles. The summed E-state index contributed by atoms with van der Waals surface area (Å²) in [5.74, 6) is 0.477. The van der Waals surface area contributed by atoms with E-state index in [2.05, 4.69) is 13.8 Å². The Hall–Kier alpha value is 0.0569. The van der Waals surface area contributed by atoms with Gasteiger partial charge < -0.3 is 19.0 Å². The maximum Gasteiger partial charge on any atom is 0.501 e. The minimum atomic E-state index is -2.52. The van der Waals surface area contributed by atoms with Crippen molar-refractivity contribution in [3.05, 3.63) is 0 Å². The monoisotopic (exact) mass is 221 g/mol. The number of rotatable bonds is 7. The van der Waals surface area contributed by atoms with Crippen molar-refractivity contribution in [2.75, 3.05) is 14.2 Å². The van der Waals surface area contributed by atoms with E-state index < -0.39 is 8.80 Å². The summed E-state index contributed by atoms with van der Waals surface area (Å²) in [4.78, 5) is 0. The Morgan fingerprint density at radius 1 is 1.21 bits per heavy atom. The molecule has 4 nitrogen and oxygen atoms in total. The predicted molar refractivity (Wildman–Crippen MR) is 58.8 cm³/mol. The van der Waals surface area contributed by atoms with Gasteiger partial charge in [0.2, 0.25) is 0 Å². The normalized spacial score (nSPS) is 14.8. The standard InChI is InChI=1S/C9H23NO3Si/c1-6-9(10)13-14(11-4,12-5)7-8(2)3/h8-9H,6-7,10H2,1-5H3. The molecule has 14 heavy (non-hydrogen) atoms. The number of nitrogens with two attached hydrogens (primary N) is 1. The molecule has 0 aromatic heterocycles. The van der Waals surface area contributed by atoms with Crippen molar-refractivity contribution in [3.8, 4) is 0 Å². The van der Waals surface area contributed by atoms with Crippen LogP contribution in [0.1, 0.15) is 27.2 Å². The zero-order valence-corrected chi connectivity index (χ0v) is 10.9. The summed E-state index contributed by atoms with van der Waals surface area (Å²) in [5, 5.41) is 0. The van der Waals surface area contributed by atoms with Crippen molar-refractivity contribution >= 4 is 8.80 Å². The van der Waals surface area contributed by atoms with Crippen molar-refractivity contribution < 1.29 is 13.3 Å². The van der Waals surface area contributed by atoms with Crippen LogP contribution in [0.2, 0.25) is 6.04 Å². The second kappa shape index (κ2) is 6.52. The van der Waals surface area contributed by atoms with Gasteiger partial charge in [-0.2, -0.15) is 0 Å². The molecule has 0 spiro atoms. The van der Waals surface area contributed by atoms with Crippen LogP contribution in [0, 0.1) is 5.92 Å². The van der Waals surface area contributed by atoms with E-state index in [1.165, 1.54) is 0 Å². The van der Waals surface area contributed by atoms with Crippen LogP contribution < -0.4 is 5.73 Å². The molecule has 86 valence electrons. The lowest BCUT2D eigenvalue weighted by molar-refractivity contribution is 0.0534. The molecule has 0 rings (SSSR count). The van der Waals surface area contributed by atoms with Crippen LogP contribution in [0.3, 0.4) is 0 Å². The van der Waals surface area contributed by atoms with Gasteiger partial charge in [0, 0.05) is 20.3 Å². The van der Waals surface area contributed by atoms with Gasteiger partial charge in [0.15, 0.2) is 0 Å². The first-order chi connectivity index (χ1) is 6.49. The summed E-state index contributed by atoms with van der Waals surface area (Å²) in [6.45, 7) is 6.20. The molecule has 0 aliphatic carbocycles. The van der Waals surface area contributed by atoms with Crippen molar-refractivity contribution in [2.24, 2.45) is 11.7 Å². The van der Waals surface area contributed by atoms with E-state index in [1.54, 1.807) is 14.2 Å². The maximum atomic E-state index is 5.74. The summed E-state index contributed by atoms with van der Waals surface area (Å²) in [6.07, 6.45) is 0.472. The molecule has 5 heteroatoms. The Kier molecular flexibility index (Phi) is 6.55. The topological polar surface area (TPSA) is 53.7 Å². The molecule has 0 aliphatic heterocycles. The number of hydrogen-bond acceptors (Lipinski definition) is 4. The van der Waals surface area contributed by atoms with Gasteiger partial charge in [0.1, 0.15) is 0 Å². The second-order valence-electron chi connectivity index (χ2n) is 3.75. The molecule has 0 saturated heterocycles. The molecule has 0 fully saturated rings. The average Bonchev–Trinajstić information content (AvgIpc) is 2.15. The molecule has 0 bridgehead atoms. The quantitative estimate of drug-likeness (QED) is 0.524. The van der Waals surface area contributed by atoms with Crippen molar-refractivity contribution in [2.45, 2.75) is 39.5 Å². The largest absolute Gasteiger partial charge is 0.501 e. The van der Waals surface area contributed by atoms with Crippen LogP contribution in [0.4, 0.5) is 0 Å². The molecule has 0 aliphatic rings. The van der Waals surface area contributed by atoms with Crippen LogP contribution in [0.25, 0.3) is 0 Å². The average molecular weight is 221 g/mol. The van der Waals surface area contributed by atoms with E-state index in [-0.39, 0.29) is 6.23 Å². The highest BCUT2D eigenvalue weighted by Crippen LogP contribution is 2.20. The minimum absolute atomic E-state index is 0.291. The van der Waals surface area contributed by atoms with Gasteiger partial charge in [-0.1, -0.05) is 20.8 Å². The fraction of sp³-hybridized carbons (Fsp3) is 1.00. The molecular formula is C9H23NO3Si. The SMILES string of the molecule is CCC(N)O[Si](CC(C)C)(OC)OC. The van der Waals surface area contributed by atoms with E-state index >= 15 is 0 Å². The van der Waals surface area contributed by atoms with Gasteiger partial charge in [-0.15, -0.1) is 0 Å². The zero-order valence-electron chi connectivity index (χ0n) is 9.87. The van der Waals surface area contributed by atoms with Crippen LogP contribution in [0.5, 0.6) is 0 Å². The highest BCUT2D eigenvalue weighted by Gasteiger charge is 2.41. The maximum absolute atomic E-state index is 5.74. The van der Waals surface area contributed by atoms with Crippen LogP contribution in [-0.4, -0.2) is 29.3 Å². The molecule has 0 saturated carbocycles. The first-order valence-electron chi connectivity index (χ1n) is 5.03. The highest BCUT2D eigenvalue weighted by atomic mass is 28.4. The second-order valence-corrected chi connectivity index (χ2v) is 6.58. The van der Waals surface area contributed by atoms with Crippen molar-refractivity contribution in [1.29, 1.82) is 0 Å². The first-order valence-corrected chi connectivity index (χ1v) is 6.96. The van der Waals surface area contributed by atoms with E-state index in [1.807, 2.05) is 6.92 Å². The molecule has 0 amide bonds. The Morgan fingerprint density at radius 3 is 2.00 bits per heavy atom. The Balaban J connectivity index is 4.36. The van der Waals surface area contributed by atoms with E-state index in [4.69, 9.17) is 19.0 Å². The number of hydrogen-bond donors (Lipinski definition) is 1. The molecule has 0 radical (unpaired) electrons. The summed E-state index contributed by atoms with van der Waals surface area (Å²) in [5.41, 5.74) is 5.74. The Morgan fingerprint density at radius 2 is 1.71 bits per heavy atom. The van der Waals surface area contributed by atoms with Gasteiger partial charge in [-0.3, -0.25) is 0 Å². The molecule has 0 aromatic rings. The van der Waals surface area contributed by atoms with Crippen LogP contribution in [-0.2, 0) is 13.3 Å². The predicted octanol–water partition coefficient (Wildman–Crippen LogP) is 1.59. The fourth-order valence-electron chi connectivity index (χ4n) is 1.21. The third kappa shape index (κ3) is 4.52. The van der Waals surface area contributed by atoms with Gasteiger partial charge in [-0.25, -0.2) is 0 Å². The molecular weight excluding hydrogens is 198 g/mol. The Labute approximate surface area is 88.1 Å². The third-order valence-corrected chi connectivity index (χ3v) is 5.24. The van der Waals surface area contributed by atoms with Crippen LogP contribution >= 0.6 is 0 Å². The van der Waals surface area contributed by atoms with Crippen LogP contribution in [0.15, 0.2) is 0 Å². The Bertz CT molecular complexity index is 151. The zero-order chi connectivity index (χ0) is 11.2. The molecule has 1 unspecified atom stereocenters.